The van der Waals surface area contributed by atoms with Crippen molar-refractivity contribution in [2.45, 2.75) is 19.9 Å². The fraction of sp³-hybridized carbons (Fsp3) is 0.364. The van der Waals surface area contributed by atoms with Gasteiger partial charge in [0.1, 0.15) is 5.82 Å². The number of carbonyl (C=O) groups is 1. The third-order valence-corrected chi connectivity index (χ3v) is 2.50. The summed E-state index contributed by atoms with van der Waals surface area (Å²) >= 11 is 5.57. The molecule has 82 valence electrons. The van der Waals surface area contributed by atoms with Gasteiger partial charge in [-0.1, -0.05) is 0 Å². The topological polar surface area (TPSA) is 29.1 Å². The van der Waals surface area contributed by atoms with Crippen LogP contribution in [0, 0.1) is 12.7 Å². The van der Waals surface area contributed by atoms with Crippen LogP contribution in [0.2, 0.25) is 0 Å². The number of halogens is 2. The predicted molar refractivity (Wildman–Crippen MR) is 58.8 cm³/mol. The monoisotopic (exact) mass is 229 g/mol. The number of amides is 1. The van der Waals surface area contributed by atoms with Gasteiger partial charge in [-0.2, -0.15) is 0 Å². The van der Waals surface area contributed by atoms with Gasteiger partial charge in [0.2, 0.25) is 0 Å². The highest BCUT2D eigenvalue weighted by Crippen LogP contribution is 2.10. The minimum Gasteiger partial charge on any atom is -0.348 e. The van der Waals surface area contributed by atoms with E-state index in [0.29, 0.717) is 17.0 Å². The van der Waals surface area contributed by atoms with Crippen molar-refractivity contribution in [3.8, 4) is 0 Å². The Morgan fingerprint density at radius 3 is 2.80 bits per heavy atom. The van der Waals surface area contributed by atoms with Crippen LogP contribution in [-0.2, 0) is 0 Å². The first-order chi connectivity index (χ1) is 7.04. The summed E-state index contributed by atoms with van der Waals surface area (Å²) in [5.74, 6) is -0.207. The molecule has 0 bridgehead atoms. The van der Waals surface area contributed by atoms with Crippen LogP contribution in [0.3, 0.4) is 0 Å². The maximum Gasteiger partial charge on any atom is 0.251 e. The minimum atomic E-state index is -0.338. The van der Waals surface area contributed by atoms with Gasteiger partial charge in [0.05, 0.1) is 0 Å². The molecular weight excluding hydrogens is 217 g/mol. The number of carbonyl (C=O) groups excluding carboxylic acids is 1. The molecule has 2 nitrogen and oxygen atoms in total. The summed E-state index contributed by atoms with van der Waals surface area (Å²) in [6.45, 7) is 3.51. The van der Waals surface area contributed by atoms with Crippen molar-refractivity contribution in [3.63, 3.8) is 0 Å². The van der Waals surface area contributed by atoms with Crippen LogP contribution in [0.25, 0.3) is 0 Å². The maximum atomic E-state index is 12.8. The van der Waals surface area contributed by atoms with Gasteiger partial charge >= 0.3 is 0 Å². The molecule has 0 radical (unpaired) electrons. The molecule has 0 spiro atoms. The number of benzene rings is 1. The summed E-state index contributed by atoms with van der Waals surface area (Å²) in [4.78, 5) is 11.7. The third-order valence-electron chi connectivity index (χ3n) is 2.04. The smallest absolute Gasteiger partial charge is 0.251 e. The molecular formula is C11H13ClFNO. The maximum absolute atomic E-state index is 12.8. The molecule has 1 unspecified atom stereocenters. The third kappa shape index (κ3) is 3.20. The summed E-state index contributed by atoms with van der Waals surface area (Å²) in [5.41, 5.74) is 1.10. The van der Waals surface area contributed by atoms with Crippen LogP contribution in [0.5, 0.6) is 0 Å². The van der Waals surface area contributed by atoms with Gasteiger partial charge in [-0.25, -0.2) is 4.39 Å². The Morgan fingerprint density at radius 2 is 2.27 bits per heavy atom. The molecule has 1 aromatic carbocycles. The summed E-state index contributed by atoms with van der Waals surface area (Å²) in [6.07, 6.45) is 0. The van der Waals surface area contributed by atoms with Gasteiger partial charge < -0.3 is 5.32 Å². The minimum absolute atomic E-state index is 0.0939. The second-order valence-electron chi connectivity index (χ2n) is 3.49. The molecule has 1 aromatic rings. The molecule has 0 aliphatic heterocycles. The van der Waals surface area contributed by atoms with Gasteiger partial charge in [-0.05, 0) is 37.6 Å². The summed E-state index contributed by atoms with van der Waals surface area (Å²) in [5, 5.41) is 2.71. The van der Waals surface area contributed by atoms with Crippen LogP contribution in [0.15, 0.2) is 18.2 Å². The number of hydrogen-bond donors (Lipinski definition) is 1. The lowest BCUT2D eigenvalue weighted by Crippen LogP contribution is -2.34. The molecule has 0 saturated carbocycles. The van der Waals surface area contributed by atoms with Crippen molar-refractivity contribution in [3.05, 3.63) is 35.1 Å². The molecule has 0 aliphatic carbocycles. The van der Waals surface area contributed by atoms with E-state index in [1.807, 2.05) is 6.92 Å². The summed E-state index contributed by atoms with van der Waals surface area (Å²) in [6, 6.07) is 3.98. The molecule has 1 atom stereocenters. The van der Waals surface area contributed by atoms with Crippen LogP contribution in [-0.4, -0.2) is 17.8 Å². The largest absolute Gasteiger partial charge is 0.348 e. The Hall–Kier alpha value is -1.09. The number of aryl methyl sites for hydroxylation is 1. The van der Waals surface area contributed by atoms with E-state index in [1.54, 1.807) is 6.92 Å². The number of hydrogen-bond acceptors (Lipinski definition) is 1. The number of alkyl halides is 1. The highest BCUT2D eigenvalue weighted by atomic mass is 35.5. The second kappa shape index (κ2) is 5.12. The first-order valence-corrected chi connectivity index (χ1v) is 5.21. The Bertz CT molecular complexity index is 368. The summed E-state index contributed by atoms with van der Waals surface area (Å²) in [7, 11) is 0. The Morgan fingerprint density at radius 1 is 1.60 bits per heavy atom. The van der Waals surface area contributed by atoms with Gasteiger partial charge in [-0.15, -0.1) is 11.6 Å². The van der Waals surface area contributed by atoms with Crippen LogP contribution < -0.4 is 5.32 Å². The average molecular weight is 230 g/mol. The molecule has 0 aliphatic rings. The van der Waals surface area contributed by atoms with E-state index >= 15 is 0 Å². The Balaban J connectivity index is 2.82. The van der Waals surface area contributed by atoms with E-state index in [1.165, 1.54) is 18.2 Å². The lowest BCUT2D eigenvalue weighted by Gasteiger charge is -2.11. The van der Waals surface area contributed by atoms with Crippen molar-refractivity contribution < 1.29 is 9.18 Å². The van der Waals surface area contributed by atoms with Crippen molar-refractivity contribution in [2.75, 3.05) is 5.88 Å². The van der Waals surface area contributed by atoms with Gasteiger partial charge in [0, 0.05) is 17.5 Å². The second-order valence-corrected chi connectivity index (χ2v) is 3.80. The van der Waals surface area contributed by atoms with Crippen LogP contribution in [0.4, 0.5) is 4.39 Å². The molecule has 0 saturated heterocycles. The highest BCUT2D eigenvalue weighted by Gasteiger charge is 2.11. The molecule has 1 amide bonds. The lowest BCUT2D eigenvalue weighted by molar-refractivity contribution is 0.0943. The SMILES string of the molecule is Cc1cc(F)ccc1C(=O)NC(C)CCl. The van der Waals surface area contributed by atoms with E-state index in [0.717, 1.165) is 0 Å². The zero-order valence-corrected chi connectivity index (χ0v) is 9.44. The Labute approximate surface area is 93.4 Å². The van der Waals surface area contributed by atoms with Crippen molar-refractivity contribution in [2.24, 2.45) is 0 Å². The molecule has 1 N–H and O–H groups in total. The highest BCUT2D eigenvalue weighted by molar-refractivity contribution is 6.18. The standard InChI is InChI=1S/C11H13ClFNO/c1-7-5-9(13)3-4-10(7)11(15)14-8(2)6-12/h3-5,8H,6H2,1-2H3,(H,14,15). The van der Waals surface area contributed by atoms with Crippen LogP contribution >= 0.6 is 11.6 Å². The quantitative estimate of drug-likeness (QED) is 0.793. The van der Waals surface area contributed by atoms with Crippen molar-refractivity contribution >= 4 is 17.5 Å². The summed E-state index contributed by atoms with van der Waals surface area (Å²) < 4.78 is 12.8. The zero-order chi connectivity index (χ0) is 11.4. The van der Waals surface area contributed by atoms with Crippen molar-refractivity contribution in [1.29, 1.82) is 0 Å². The molecule has 1 rings (SSSR count). The van der Waals surface area contributed by atoms with E-state index < -0.39 is 0 Å². The first-order valence-electron chi connectivity index (χ1n) is 4.67. The van der Waals surface area contributed by atoms with E-state index in [-0.39, 0.29) is 17.8 Å². The fourth-order valence-corrected chi connectivity index (χ4v) is 1.30. The van der Waals surface area contributed by atoms with Gasteiger partial charge in [-0.3, -0.25) is 4.79 Å². The number of nitrogens with one attached hydrogen (secondary N) is 1. The molecule has 0 aromatic heterocycles. The lowest BCUT2D eigenvalue weighted by atomic mass is 10.1. The fourth-order valence-electron chi connectivity index (χ4n) is 1.22. The predicted octanol–water partition coefficient (Wildman–Crippen LogP) is 2.49. The van der Waals surface area contributed by atoms with E-state index in [9.17, 15) is 9.18 Å². The van der Waals surface area contributed by atoms with E-state index in [4.69, 9.17) is 11.6 Å². The Kier molecular flexibility index (Phi) is 4.09. The van der Waals surface area contributed by atoms with Gasteiger partial charge in [0.15, 0.2) is 0 Å². The normalized spacial score (nSPS) is 12.3. The molecule has 4 heteroatoms. The van der Waals surface area contributed by atoms with E-state index in [2.05, 4.69) is 5.32 Å². The van der Waals surface area contributed by atoms with Gasteiger partial charge in [0.25, 0.3) is 5.91 Å². The zero-order valence-electron chi connectivity index (χ0n) is 8.68. The molecule has 0 heterocycles. The molecule has 0 fully saturated rings. The number of rotatable bonds is 3. The average Bonchev–Trinajstić information content (AvgIpc) is 2.17. The first kappa shape index (κ1) is 12.0. The van der Waals surface area contributed by atoms with Crippen LogP contribution in [0.1, 0.15) is 22.8 Å². The molecule has 15 heavy (non-hydrogen) atoms. The van der Waals surface area contributed by atoms with Crippen molar-refractivity contribution in [1.82, 2.24) is 5.32 Å².